The molecule has 2 aromatic carbocycles. The van der Waals surface area contributed by atoms with Gasteiger partial charge in [0.25, 0.3) is 0 Å². The van der Waals surface area contributed by atoms with E-state index in [0.29, 0.717) is 12.5 Å². The molecular weight excluding hydrogens is 348 g/mol. The predicted molar refractivity (Wildman–Crippen MR) is 97.1 cm³/mol. The average molecular weight is 369 g/mol. The maximum Gasteiger partial charge on any atom is 0.147 e. The van der Waals surface area contributed by atoms with Gasteiger partial charge in [-0.05, 0) is 43.0 Å². The number of nitrogens with zero attached hydrogens (tertiary/aromatic N) is 2. The molecule has 4 nitrogen and oxygen atoms in total. The molecule has 1 heterocycles. The molecular formula is C21H21F2N3O. The number of nitrogens with two attached hydrogens (primary N) is 1. The first-order chi connectivity index (χ1) is 13.1. The molecule has 0 saturated carbocycles. The molecule has 0 aromatic heterocycles. The van der Waals surface area contributed by atoms with E-state index in [1.165, 1.54) is 11.6 Å². The Morgan fingerprint density at radius 3 is 2.63 bits per heavy atom. The zero-order valence-electron chi connectivity index (χ0n) is 14.9. The van der Waals surface area contributed by atoms with Gasteiger partial charge in [0.2, 0.25) is 0 Å². The highest BCUT2D eigenvalue weighted by atomic mass is 19.1. The molecule has 2 aromatic rings. The fourth-order valence-corrected chi connectivity index (χ4v) is 4.23. The first kappa shape index (κ1) is 17.9. The standard InChI is InChI=1S/C21H21F2N3O/c22-18-8-15(9-19(23)17(18)11-25)27-21-16-4-2-1-3-14(16)7-20(21)26-6-5-13(10-24)12-26/h1-4,8-9,13,20-21H,5-7,10,12,24H2/t13-,20-,21-/m1/s1. The summed E-state index contributed by atoms with van der Waals surface area (Å²) in [5.41, 5.74) is 7.48. The Balaban J connectivity index is 1.64. The zero-order valence-corrected chi connectivity index (χ0v) is 14.9. The van der Waals surface area contributed by atoms with E-state index in [2.05, 4.69) is 11.0 Å². The van der Waals surface area contributed by atoms with Crippen molar-refractivity contribution in [1.29, 1.82) is 5.26 Å². The van der Waals surface area contributed by atoms with Gasteiger partial charge in [0.15, 0.2) is 0 Å². The van der Waals surface area contributed by atoms with Gasteiger partial charge in [0.05, 0.1) is 6.04 Å². The van der Waals surface area contributed by atoms with E-state index < -0.39 is 17.2 Å². The summed E-state index contributed by atoms with van der Waals surface area (Å²) in [5, 5.41) is 8.85. The highest BCUT2D eigenvalue weighted by Crippen LogP contribution is 2.40. The molecule has 4 rings (SSSR count). The molecule has 0 spiro atoms. The lowest BCUT2D eigenvalue weighted by atomic mass is 10.1. The van der Waals surface area contributed by atoms with Gasteiger partial charge < -0.3 is 10.5 Å². The topological polar surface area (TPSA) is 62.3 Å². The number of halogens is 2. The van der Waals surface area contributed by atoms with Crippen LogP contribution in [0.2, 0.25) is 0 Å². The zero-order chi connectivity index (χ0) is 19.0. The molecule has 0 bridgehead atoms. The fraction of sp³-hybridized carbons (Fsp3) is 0.381. The van der Waals surface area contributed by atoms with Gasteiger partial charge in [-0.15, -0.1) is 0 Å². The van der Waals surface area contributed by atoms with Crippen LogP contribution in [0.25, 0.3) is 0 Å². The number of ether oxygens (including phenoxy) is 1. The van der Waals surface area contributed by atoms with E-state index in [1.54, 1.807) is 0 Å². The van der Waals surface area contributed by atoms with E-state index in [9.17, 15) is 8.78 Å². The van der Waals surface area contributed by atoms with E-state index in [1.807, 2.05) is 18.2 Å². The maximum atomic E-state index is 14.0. The molecule has 6 heteroatoms. The van der Waals surface area contributed by atoms with Crippen molar-refractivity contribution in [2.45, 2.75) is 25.0 Å². The van der Waals surface area contributed by atoms with E-state index in [4.69, 9.17) is 15.7 Å². The lowest BCUT2D eigenvalue weighted by Gasteiger charge is -2.30. The Labute approximate surface area is 157 Å². The van der Waals surface area contributed by atoms with E-state index >= 15 is 0 Å². The molecule has 0 unspecified atom stereocenters. The minimum Gasteiger partial charge on any atom is -0.484 e. The van der Waals surface area contributed by atoms with Gasteiger partial charge in [-0.3, -0.25) is 4.90 Å². The number of benzene rings is 2. The predicted octanol–water partition coefficient (Wildman–Crippen LogP) is 3.16. The first-order valence-corrected chi connectivity index (χ1v) is 9.18. The monoisotopic (exact) mass is 369 g/mol. The lowest BCUT2D eigenvalue weighted by Crippen LogP contribution is -2.39. The third-order valence-corrected chi connectivity index (χ3v) is 5.65. The molecule has 1 fully saturated rings. The Bertz CT molecular complexity index is 872. The van der Waals surface area contributed by atoms with Crippen LogP contribution in [0, 0.1) is 28.9 Å². The van der Waals surface area contributed by atoms with Crippen molar-refractivity contribution in [2.24, 2.45) is 11.7 Å². The summed E-state index contributed by atoms with van der Waals surface area (Å²) in [7, 11) is 0. The van der Waals surface area contributed by atoms with E-state index in [0.717, 1.165) is 43.6 Å². The van der Waals surface area contributed by atoms with Crippen LogP contribution in [-0.2, 0) is 6.42 Å². The van der Waals surface area contributed by atoms with Crippen molar-refractivity contribution in [3.8, 4) is 11.8 Å². The quantitative estimate of drug-likeness (QED) is 0.899. The smallest absolute Gasteiger partial charge is 0.147 e. The van der Waals surface area contributed by atoms with Crippen LogP contribution in [-0.4, -0.2) is 30.6 Å². The highest BCUT2D eigenvalue weighted by Gasteiger charge is 2.40. The van der Waals surface area contributed by atoms with Gasteiger partial charge in [-0.1, -0.05) is 24.3 Å². The van der Waals surface area contributed by atoms with Crippen LogP contribution in [0.4, 0.5) is 8.78 Å². The van der Waals surface area contributed by atoms with Crippen molar-refractivity contribution in [2.75, 3.05) is 19.6 Å². The Kier molecular flexibility index (Phi) is 4.81. The highest BCUT2D eigenvalue weighted by molar-refractivity contribution is 5.40. The molecule has 3 atom stereocenters. The van der Waals surface area contributed by atoms with Crippen LogP contribution >= 0.6 is 0 Å². The van der Waals surface area contributed by atoms with Crippen LogP contribution in [0.5, 0.6) is 5.75 Å². The number of nitriles is 1. The largest absolute Gasteiger partial charge is 0.484 e. The van der Waals surface area contributed by atoms with E-state index in [-0.39, 0.29) is 17.9 Å². The third kappa shape index (κ3) is 3.29. The summed E-state index contributed by atoms with van der Waals surface area (Å²) in [6, 6.07) is 11.8. The van der Waals surface area contributed by atoms with Gasteiger partial charge >= 0.3 is 0 Å². The minimum atomic E-state index is -0.903. The summed E-state index contributed by atoms with van der Waals surface area (Å²) < 4.78 is 34.1. The van der Waals surface area contributed by atoms with Gasteiger partial charge in [0, 0.05) is 18.7 Å². The molecule has 2 aliphatic rings. The maximum absolute atomic E-state index is 14.0. The normalized spacial score (nSPS) is 24.6. The first-order valence-electron chi connectivity index (χ1n) is 9.18. The molecule has 27 heavy (non-hydrogen) atoms. The van der Waals surface area contributed by atoms with Gasteiger partial charge in [-0.25, -0.2) is 8.78 Å². The second-order valence-electron chi connectivity index (χ2n) is 7.27. The molecule has 140 valence electrons. The summed E-state index contributed by atoms with van der Waals surface area (Å²) in [6.45, 7) is 2.51. The SMILES string of the molecule is N#Cc1c(F)cc(O[C@@H]2c3ccccc3C[C@H]2N2CC[C@H](CN)C2)cc1F. The van der Waals surface area contributed by atoms with Gasteiger partial charge in [-0.2, -0.15) is 5.26 Å². The third-order valence-electron chi connectivity index (χ3n) is 5.65. The van der Waals surface area contributed by atoms with Crippen molar-refractivity contribution in [3.63, 3.8) is 0 Å². The lowest BCUT2D eigenvalue weighted by molar-refractivity contribution is 0.0911. The Morgan fingerprint density at radius 1 is 1.22 bits per heavy atom. The van der Waals surface area contributed by atoms with Crippen LogP contribution in [0.3, 0.4) is 0 Å². The number of hydrogen-bond donors (Lipinski definition) is 1. The second kappa shape index (κ2) is 7.26. The van der Waals surface area contributed by atoms with Crippen molar-refractivity contribution < 1.29 is 13.5 Å². The molecule has 1 saturated heterocycles. The molecule has 0 radical (unpaired) electrons. The van der Waals surface area contributed by atoms with Crippen LogP contribution in [0.1, 0.15) is 29.2 Å². The average Bonchev–Trinajstić information content (AvgIpc) is 3.26. The molecule has 2 N–H and O–H groups in total. The van der Waals surface area contributed by atoms with Crippen LogP contribution in [0.15, 0.2) is 36.4 Å². The van der Waals surface area contributed by atoms with Crippen LogP contribution < -0.4 is 10.5 Å². The second-order valence-corrected chi connectivity index (χ2v) is 7.27. The number of rotatable bonds is 4. The Hall–Kier alpha value is -2.49. The summed E-state index contributed by atoms with van der Waals surface area (Å²) >= 11 is 0. The number of hydrogen-bond acceptors (Lipinski definition) is 4. The molecule has 0 amide bonds. The minimum absolute atomic E-state index is 0.0979. The Morgan fingerprint density at radius 2 is 1.96 bits per heavy atom. The van der Waals surface area contributed by atoms with Crippen molar-refractivity contribution >= 4 is 0 Å². The summed E-state index contributed by atoms with van der Waals surface area (Å²) in [4.78, 5) is 2.37. The van der Waals surface area contributed by atoms with Gasteiger partial charge in [0.1, 0.15) is 35.1 Å². The van der Waals surface area contributed by atoms with Crippen molar-refractivity contribution in [1.82, 2.24) is 4.90 Å². The molecule has 1 aliphatic carbocycles. The fourth-order valence-electron chi connectivity index (χ4n) is 4.23. The summed E-state index contributed by atoms with van der Waals surface area (Å²) in [5.74, 6) is -1.23. The number of fused-ring (bicyclic) bond motifs is 1. The van der Waals surface area contributed by atoms with Crippen molar-refractivity contribution in [3.05, 3.63) is 64.7 Å². The summed E-state index contributed by atoms with van der Waals surface area (Å²) in [6.07, 6.45) is 1.57. The number of likely N-dealkylation sites (tertiary alicyclic amines) is 1. The molecule has 1 aliphatic heterocycles.